The molecule has 6 nitrogen and oxygen atoms in total. The summed E-state index contributed by atoms with van der Waals surface area (Å²) < 4.78 is 13.5. The van der Waals surface area contributed by atoms with E-state index >= 15 is 0 Å². The van der Waals surface area contributed by atoms with Gasteiger partial charge in [0.25, 0.3) is 5.91 Å². The minimum atomic E-state index is -0.395. The number of carbonyl (C=O) groups excluding carboxylic acids is 1. The molecule has 0 radical (unpaired) electrons. The summed E-state index contributed by atoms with van der Waals surface area (Å²) in [6.45, 7) is 0.217. The molecular weight excluding hydrogens is 388 g/mol. The molecule has 2 aromatic heterocycles. The van der Waals surface area contributed by atoms with Gasteiger partial charge in [-0.05, 0) is 42.5 Å². The van der Waals surface area contributed by atoms with E-state index in [0.29, 0.717) is 17.2 Å². The molecule has 0 spiro atoms. The number of carbonyl (C=O) groups is 1. The lowest BCUT2D eigenvalue weighted by molar-refractivity contribution is 0.0992. The van der Waals surface area contributed by atoms with E-state index in [1.54, 1.807) is 31.4 Å². The van der Waals surface area contributed by atoms with Crippen LogP contribution in [0.5, 0.6) is 5.75 Å². The molecule has 1 amide bonds. The molecule has 0 saturated heterocycles. The molecule has 3 rings (SSSR count). The first-order valence-electron chi connectivity index (χ1n) is 7.46. The Morgan fingerprint density at radius 3 is 2.64 bits per heavy atom. The molecule has 0 aliphatic carbocycles. The van der Waals surface area contributed by atoms with E-state index in [4.69, 9.17) is 9.15 Å². The lowest BCUT2D eigenvalue weighted by atomic mass is 10.3. The monoisotopic (exact) mass is 402 g/mol. The molecule has 0 aliphatic rings. The van der Waals surface area contributed by atoms with Gasteiger partial charge in [-0.25, -0.2) is 0 Å². The first-order valence-corrected chi connectivity index (χ1v) is 8.26. The standard InChI is InChI=1S/C18H15BrN2O4/c1-21-10-13(4-9-17(21)22)20-18(23)16-8-7-15(25-16)11-24-14-5-2-12(19)3-6-14/h2-10H,11H2,1H3,(H,20,23). The van der Waals surface area contributed by atoms with E-state index in [0.717, 1.165) is 4.47 Å². The van der Waals surface area contributed by atoms with Crippen molar-refractivity contribution in [3.05, 3.63) is 81.1 Å². The Balaban J connectivity index is 1.61. The van der Waals surface area contributed by atoms with Crippen molar-refractivity contribution in [2.24, 2.45) is 7.05 Å². The topological polar surface area (TPSA) is 73.5 Å². The summed E-state index contributed by atoms with van der Waals surface area (Å²) in [5.74, 6) is 1.01. The Morgan fingerprint density at radius 1 is 1.16 bits per heavy atom. The molecular formula is C18H15BrN2O4. The van der Waals surface area contributed by atoms with Gasteiger partial charge in [0, 0.05) is 23.8 Å². The van der Waals surface area contributed by atoms with E-state index in [2.05, 4.69) is 21.2 Å². The molecule has 128 valence electrons. The van der Waals surface area contributed by atoms with Crippen LogP contribution in [-0.4, -0.2) is 10.5 Å². The number of aromatic nitrogens is 1. The van der Waals surface area contributed by atoms with Crippen molar-refractivity contribution in [2.75, 3.05) is 5.32 Å². The summed E-state index contributed by atoms with van der Waals surface area (Å²) in [6, 6.07) is 13.6. The fourth-order valence-corrected chi connectivity index (χ4v) is 2.39. The second-order valence-electron chi connectivity index (χ2n) is 5.33. The van der Waals surface area contributed by atoms with Crippen molar-refractivity contribution in [3.8, 4) is 5.75 Å². The number of rotatable bonds is 5. The Hall–Kier alpha value is -2.80. The Morgan fingerprint density at radius 2 is 1.92 bits per heavy atom. The van der Waals surface area contributed by atoms with Crippen molar-refractivity contribution in [1.29, 1.82) is 0 Å². The fraction of sp³-hybridized carbons (Fsp3) is 0.111. The van der Waals surface area contributed by atoms with Gasteiger partial charge in [-0.2, -0.15) is 0 Å². The molecule has 0 atom stereocenters. The first kappa shape index (κ1) is 17.0. The number of pyridine rings is 1. The summed E-state index contributed by atoms with van der Waals surface area (Å²) >= 11 is 3.36. The third kappa shape index (κ3) is 4.39. The van der Waals surface area contributed by atoms with Crippen LogP contribution in [0, 0.1) is 0 Å². The van der Waals surface area contributed by atoms with E-state index in [-0.39, 0.29) is 17.9 Å². The van der Waals surface area contributed by atoms with Crippen LogP contribution in [0.25, 0.3) is 0 Å². The number of hydrogen-bond acceptors (Lipinski definition) is 4. The van der Waals surface area contributed by atoms with Gasteiger partial charge in [0.2, 0.25) is 5.56 Å². The van der Waals surface area contributed by atoms with E-state index in [9.17, 15) is 9.59 Å². The number of ether oxygens (including phenoxy) is 1. The molecule has 1 N–H and O–H groups in total. The lowest BCUT2D eigenvalue weighted by Crippen LogP contribution is -2.17. The van der Waals surface area contributed by atoms with Crippen molar-refractivity contribution >= 4 is 27.5 Å². The number of aryl methyl sites for hydroxylation is 1. The average Bonchev–Trinajstić information content (AvgIpc) is 3.07. The zero-order chi connectivity index (χ0) is 17.8. The number of nitrogens with zero attached hydrogens (tertiary/aromatic N) is 1. The van der Waals surface area contributed by atoms with Crippen molar-refractivity contribution in [3.63, 3.8) is 0 Å². The summed E-state index contributed by atoms with van der Waals surface area (Å²) in [4.78, 5) is 23.6. The highest BCUT2D eigenvalue weighted by atomic mass is 79.9. The Bertz CT molecular complexity index is 944. The van der Waals surface area contributed by atoms with E-state index in [1.807, 2.05) is 24.3 Å². The van der Waals surface area contributed by atoms with Crippen LogP contribution in [0.15, 0.2) is 68.4 Å². The molecule has 0 saturated carbocycles. The highest BCUT2D eigenvalue weighted by molar-refractivity contribution is 9.10. The average molecular weight is 403 g/mol. The number of nitrogens with one attached hydrogen (secondary N) is 1. The molecule has 7 heteroatoms. The van der Waals surface area contributed by atoms with Crippen LogP contribution in [0.3, 0.4) is 0 Å². The molecule has 0 aliphatic heterocycles. The zero-order valence-corrected chi connectivity index (χ0v) is 14.9. The SMILES string of the molecule is Cn1cc(NC(=O)c2ccc(COc3ccc(Br)cc3)o2)ccc1=O. The third-order valence-electron chi connectivity index (χ3n) is 3.42. The second kappa shape index (κ2) is 7.40. The largest absolute Gasteiger partial charge is 0.486 e. The van der Waals surface area contributed by atoms with Crippen LogP contribution >= 0.6 is 15.9 Å². The molecule has 25 heavy (non-hydrogen) atoms. The maximum atomic E-state index is 12.2. The first-order chi connectivity index (χ1) is 12.0. The van der Waals surface area contributed by atoms with Gasteiger partial charge >= 0.3 is 0 Å². The van der Waals surface area contributed by atoms with Crippen LogP contribution in [0.1, 0.15) is 16.3 Å². The smallest absolute Gasteiger partial charge is 0.291 e. The van der Waals surface area contributed by atoms with Crippen LogP contribution in [0.2, 0.25) is 0 Å². The summed E-state index contributed by atoms with van der Waals surface area (Å²) in [7, 11) is 1.61. The third-order valence-corrected chi connectivity index (χ3v) is 3.95. The Kier molecular flexibility index (Phi) is 5.04. The van der Waals surface area contributed by atoms with Gasteiger partial charge < -0.3 is 19.0 Å². The predicted molar refractivity (Wildman–Crippen MR) is 96.8 cm³/mol. The van der Waals surface area contributed by atoms with Gasteiger partial charge in [0.1, 0.15) is 18.1 Å². The zero-order valence-electron chi connectivity index (χ0n) is 13.4. The van der Waals surface area contributed by atoms with Gasteiger partial charge in [0.15, 0.2) is 5.76 Å². The number of amides is 1. The molecule has 2 heterocycles. The highest BCUT2D eigenvalue weighted by Gasteiger charge is 2.12. The van der Waals surface area contributed by atoms with Gasteiger partial charge in [-0.1, -0.05) is 15.9 Å². The van der Waals surface area contributed by atoms with Crippen molar-refractivity contribution in [1.82, 2.24) is 4.57 Å². The van der Waals surface area contributed by atoms with Crippen molar-refractivity contribution < 1.29 is 13.9 Å². The number of halogens is 1. The van der Waals surface area contributed by atoms with Crippen molar-refractivity contribution in [2.45, 2.75) is 6.61 Å². The van der Waals surface area contributed by atoms with E-state index < -0.39 is 5.91 Å². The summed E-state index contributed by atoms with van der Waals surface area (Å²) in [5.41, 5.74) is 0.361. The number of anilines is 1. The Labute approximate surface area is 152 Å². The van der Waals surface area contributed by atoms with Gasteiger partial charge in [-0.15, -0.1) is 0 Å². The van der Waals surface area contributed by atoms with E-state index in [1.165, 1.54) is 10.6 Å². The number of benzene rings is 1. The summed E-state index contributed by atoms with van der Waals surface area (Å²) in [6.07, 6.45) is 1.54. The minimum Gasteiger partial charge on any atom is -0.486 e. The van der Waals surface area contributed by atoms with Gasteiger partial charge in [-0.3, -0.25) is 9.59 Å². The molecule has 0 fully saturated rings. The molecule has 0 bridgehead atoms. The molecule has 1 aromatic carbocycles. The predicted octanol–water partition coefficient (Wildman–Crippen LogP) is 3.57. The lowest BCUT2D eigenvalue weighted by Gasteiger charge is -2.05. The number of furan rings is 1. The van der Waals surface area contributed by atoms with Crippen LogP contribution in [0.4, 0.5) is 5.69 Å². The minimum absolute atomic E-state index is 0.150. The maximum Gasteiger partial charge on any atom is 0.291 e. The van der Waals surface area contributed by atoms with Crippen LogP contribution in [-0.2, 0) is 13.7 Å². The molecule has 0 unspecified atom stereocenters. The fourth-order valence-electron chi connectivity index (χ4n) is 2.12. The van der Waals surface area contributed by atoms with Gasteiger partial charge in [0.05, 0.1) is 5.69 Å². The highest BCUT2D eigenvalue weighted by Crippen LogP contribution is 2.18. The molecule has 3 aromatic rings. The quantitative estimate of drug-likeness (QED) is 0.707. The summed E-state index contributed by atoms with van der Waals surface area (Å²) in [5, 5.41) is 2.68. The second-order valence-corrected chi connectivity index (χ2v) is 6.25. The van der Waals surface area contributed by atoms with Crippen LogP contribution < -0.4 is 15.6 Å². The maximum absolute atomic E-state index is 12.2. The normalized spacial score (nSPS) is 10.5. The number of hydrogen-bond donors (Lipinski definition) is 1.